The van der Waals surface area contributed by atoms with Crippen molar-refractivity contribution < 1.29 is 14.3 Å². The molecule has 0 bridgehead atoms. The number of carbonyl (C=O) groups excluding carboxylic acids is 1. The molecule has 4 heteroatoms. The van der Waals surface area contributed by atoms with Crippen molar-refractivity contribution in [3.63, 3.8) is 0 Å². The molecule has 0 atom stereocenters. The van der Waals surface area contributed by atoms with Gasteiger partial charge in [-0.05, 0) is 0 Å². The number of methoxy groups -OCH3 is 1. The lowest BCUT2D eigenvalue weighted by Crippen LogP contribution is -1.96. The maximum Gasteiger partial charge on any atom is 0.307 e. The molecule has 0 amide bonds. The summed E-state index contributed by atoms with van der Waals surface area (Å²) >= 11 is 0. The molecular formula is C7H9NO3. The highest BCUT2D eigenvalue weighted by atomic mass is 16.5. The van der Waals surface area contributed by atoms with Crippen LogP contribution in [0.1, 0.15) is 6.92 Å². The van der Waals surface area contributed by atoms with E-state index >= 15 is 0 Å². The Morgan fingerprint density at radius 3 is 2.73 bits per heavy atom. The average molecular weight is 155 g/mol. The van der Waals surface area contributed by atoms with Gasteiger partial charge in [-0.1, -0.05) is 0 Å². The quantitative estimate of drug-likeness (QED) is 0.340. The van der Waals surface area contributed by atoms with Gasteiger partial charge >= 0.3 is 5.97 Å². The lowest BCUT2D eigenvalue weighted by molar-refractivity contribution is -0.135. The minimum atomic E-state index is -0.450. The van der Waals surface area contributed by atoms with Gasteiger partial charge in [0.1, 0.15) is 12.3 Å². The van der Waals surface area contributed by atoms with Crippen LogP contribution in [-0.2, 0) is 14.3 Å². The van der Waals surface area contributed by atoms with Gasteiger partial charge in [0.15, 0.2) is 0 Å². The summed E-state index contributed by atoms with van der Waals surface area (Å²) in [5.41, 5.74) is 0.280. The topological polar surface area (TPSA) is 59.3 Å². The Morgan fingerprint density at radius 1 is 1.73 bits per heavy atom. The maximum absolute atomic E-state index is 10.3. The Balaban J connectivity index is 3.93. The average Bonchev–Trinajstić information content (AvgIpc) is 1.97. The van der Waals surface area contributed by atoms with Gasteiger partial charge in [0.05, 0.1) is 12.2 Å². The molecule has 11 heavy (non-hydrogen) atoms. The molecule has 0 saturated carbocycles. The lowest BCUT2D eigenvalue weighted by Gasteiger charge is -1.95. The molecule has 0 aromatic heterocycles. The minimum Gasteiger partial charge on any atom is -0.434 e. The van der Waals surface area contributed by atoms with E-state index in [9.17, 15) is 4.79 Å². The second kappa shape index (κ2) is 5.45. The number of ether oxygens (including phenoxy) is 2. The monoisotopic (exact) mass is 155 g/mol. The van der Waals surface area contributed by atoms with Crippen LogP contribution >= 0.6 is 0 Å². The van der Waals surface area contributed by atoms with Crippen molar-refractivity contribution in [2.75, 3.05) is 13.7 Å². The first-order valence-electron chi connectivity index (χ1n) is 2.96. The number of hydrogen-bond donors (Lipinski definition) is 0. The molecule has 0 heterocycles. The molecule has 0 N–H and O–H groups in total. The predicted octanol–water partition coefficient (Wildman–Crippen LogP) is 0.603. The Bertz CT molecular complexity index is 202. The second-order valence-corrected chi connectivity index (χ2v) is 1.80. The van der Waals surface area contributed by atoms with Crippen molar-refractivity contribution in [2.45, 2.75) is 6.92 Å². The van der Waals surface area contributed by atoms with Crippen molar-refractivity contribution in [3.05, 3.63) is 11.8 Å². The van der Waals surface area contributed by atoms with Gasteiger partial charge in [-0.2, -0.15) is 5.26 Å². The van der Waals surface area contributed by atoms with E-state index in [0.29, 0.717) is 0 Å². The summed E-state index contributed by atoms with van der Waals surface area (Å²) in [6.45, 7) is 1.42. The maximum atomic E-state index is 10.3. The second-order valence-electron chi connectivity index (χ2n) is 1.80. The SMILES string of the molecule is COC/C(C#N)=C\OC(C)=O. The predicted molar refractivity (Wildman–Crippen MR) is 37.3 cm³/mol. The number of nitrogens with zero attached hydrogens (tertiary/aromatic N) is 1. The highest BCUT2D eigenvalue weighted by Gasteiger charge is 1.95. The Morgan fingerprint density at radius 2 is 2.36 bits per heavy atom. The molecule has 0 aliphatic heterocycles. The van der Waals surface area contributed by atoms with Crippen LogP contribution in [0.25, 0.3) is 0 Å². The van der Waals surface area contributed by atoms with Crippen LogP contribution < -0.4 is 0 Å². The number of hydrogen-bond acceptors (Lipinski definition) is 4. The van der Waals surface area contributed by atoms with Crippen molar-refractivity contribution in [2.24, 2.45) is 0 Å². The smallest absolute Gasteiger partial charge is 0.307 e. The Hall–Kier alpha value is -1.34. The standard InChI is InChI=1S/C7H9NO3/c1-6(9)11-5-7(3-8)4-10-2/h5H,4H2,1-2H3/b7-5-. The third-order valence-electron chi connectivity index (χ3n) is 0.811. The third-order valence-corrected chi connectivity index (χ3v) is 0.811. The molecule has 0 radical (unpaired) electrons. The fourth-order valence-electron chi connectivity index (χ4n) is 0.402. The lowest BCUT2D eigenvalue weighted by atomic mass is 10.3. The first-order valence-corrected chi connectivity index (χ1v) is 2.96. The molecule has 0 aliphatic rings. The van der Waals surface area contributed by atoms with Crippen LogP contribution in [0, 0.1) is 11.3 Å². The number of esters is 1. The van der Waals surface area contributed by atoms with E-state index < -0.39 is 5.97 Å². The van der Waals surface area contributed by atoms with Crippen LogP contribution in [0.15, 0.2) is 11.8 Å². The van der Waals surface area contributed by atoms with Crippen molar-refractivity contribution in [1.29, 1.82) is 5.26 Å². The molecular weight excluding hydrogens is 146 g/mol. The first-order chi connectivity index (χ1) is 5.20. The van der Waals surface area contributed by atoms with E-state index in [1.54, 1.807) is 0 Å². The zero-order valence-electron chi connectivity index (χ0n) is 6.46. The number of carbonyl (C=O) groups is 1. The van der Waals surface area contributed by atoms with Gasteiger partial charge in [0, 0.05) is 14.0 Å². The summed E-state index contributed by atoms with van der Waals surface area (Å²) in [6.07, 6.45) is 1.09. The van der Waals surface area contributed by atoms with Crippen molar-refractivity contribution >= 4 is 5.97 Å². The van der Waals surface area contributed by atoms with E-state index in [1.807, 2.05) is 6.07 Å². The summed E-state index contributed by atoms with van der Waals surface area (Å²) in [7, 11) is 1.46. The van der Waals surface area contributed by atoms with Gasteiger partial charge in [-0.15, -0.1) is 0 Å². The zero-order valence-corrected chi connectivity index (χ0v) is 6.46. The molecule has 0 fully saturated rings. The van der Waals surface area contributed by atoms with Crippen LogP contribution in [0.3, 0.4) is 0 Å². The fraction of sp³-hybridized carbons (Fsp3) is 0.429. The molecule has 0 spiro atoms. The Kier molecular flexibility index (Phi) is 4.78. The molecule has 0 aliphatic carbocycles. The molecule has 0 unspecified atom stereocenters. The molecule has 4 nitrogen and oxygen atoms in total. The van der Waals surface area contributed by atoms with E-state index in [4.69, 9.17) is 5.26 Å². The van der Waals surface area contributed by atoms with E-state index in [1.165, 1.54) is 14.0 Å². The van der Waals surface area contributed by atoms with Crippen LogP contribution in [-0.4, -0.2) is 19.7 Å². The van der Waals surface area contributed by atoms with Crippen molar-refractivity contribution in [1.82, 2.24) is 0 Å². The summed E-state index contributed by atoms with van der Waals surface area (Å²) in [5, 5.41) is 8.38. The largest absolute Gasteiger partial charge is 0.434 e. The summed E-state index contributed by atoms with van der Waals surface area (Å²) in [4.78, 5) is 10.3. The molecule has 0 saturated heterocycles. The van der Waals surface area contributed by atoms with Crippen LogP contribution in [0.5, 0.6) is 0 Å². The van der Waals surface area contributed by atoms with Crippen LogP contribution in [0.4, 0.5) is 0 Å². The number of nitriles is 1. The highest BCUT2D eigenvalue weighted by Crippen LogP contribution is 1.93. The minimum absolute atomic E-state index is 0.157. The highest BCUT2D eigenvalue weighted by molar-refractivity contribution is 5.66. The fourth-order valence-corrected chi connectivity index (χ4v) is 0.402. The third kappa shape index (κ3) is 5.12. The van der Waals surface area contributed by atoms with Gasteiger partial charge in [0.25, 0.3) is 0 Å². The van der Waals surface area contributed by atoms with E-state index in [2.05, 4.69) is 9.47 Å². The van der Waals surface area contributed by atoms with Gasteiger partial charge in [-0.3, -0.25) is 4.79 Å². The zero-order chi connectivity index (χ0) is 8.69. The summed E-state index contributed by atoms with van der Waals surface area (Å²) < 4.78 is 9.09. The summed E-state index contributed by atoms with van der Waals surface area (Å²) in [5.74, 6) is -0.450. The Labute approximate surface area is 65.0 Å². The molecule has 0 aromatic carbocycles. The first kappa shape index (κ1) is 9.66. The summed E-state index contributed by atoms with van der Waals surface area (Å²) in [6, 6.07) is 1.82. The molecule has 0 rings (SSSR count). The number of rotatable bonds is 3. The van der Waals surface area contributed by atoms with Gasteiger partial charge in [-0.25, -0.2) is 0 Å². The van der Waals surface area contributed by atoms with E-state index in [-0.39, 0.29) is 12.2 Å². The van der Waals surface area contributed by atoms with Gasteiger partial charge < -0.3 is 9.47 Å². The van der Waals surface area contributed by atoms with Gasteiger partial charge in [0.2, 0.25) is 0 Å². The van der Waals surface area contributed by atoms with Crippen LogP contribution in [0.2, 0.25) is 0 Å². The molecule has 60 valence electrons. The van der Waals surface area contributed by atoms with E-state index in [0.717, 1.165) is 6.26 Å². The molecule has 0 aromatic rings. The normalized spacial score (nSPS) is 10.5. The van der Waals surface area contributed by atoms with Crippen molar-refractivity contribution in [3.8, 4) is 6.07 Å².